The Kier molecular flexibility index (Phi) is 2.62. The maximum Gasteiger partial charge on any atom is 0.338 e. The number of carbonyl (C=O) groups excluding carboxylic acids is 4. The lowest BCUT2D eigenvalue weighted by Crippen LogP contribution is -2.46. The fraction of sp³-hybridized carbons (Fsp3) is 0.444. The highest BCUT2D eigenvalue weighted by molar-refractivity contribution is 6.24. The second-order valence-corrected chi connectivity index (χ2v) is 7.10. The molecule has 24 heavy (non-hydrogen) atoms. The molecule has 1 saturated heterocycles. The highest BCUT2D eigenvalue weighted by Crippen LogP contribution is 2.52. The number of benzene rings is 1. The van der Waals surface area contributed by atoms with Crippen LogP contribution in [0.4, 0.5) is 5.69 Å². The second kappa shape index (κ2) is 4.53. The van der Waals surface area contributed by atoms with Crippen molar-refractivity contribution >= 4 is 29.3 Å². The second-order valence-electron chi connectivity index (χ2n) is 7.10. The average Bonchev–Trinajstić information content (AvgIpc) is 3.07. The zero-order valence-corrected chi connectivity index (χ0v) is 12.9. The number of carbonyl (C=O) groups is 4. The lowest BCUT2D eigenvalue weighted by atomic mass is 9.59. The summed E-state index contributed by atoms with van der Waals surface area (Å²) in [6.07, 6.45) is 1.95. The molecule has 2 aliphatic heterocycles. The molecule has 4 unspecified atom stereocenters. The minimum absolute atomic E-state index is 0.0201. The number of nitrogens with zero attached hydrogens (tertiary/aromatic N) is 1. The van der Waals surface area contributed by atoms with Gasteiger partial charge in [-0.15, -0.1) is 0 Å². The first kappa shape index (κ1) is 13.9. The van der Waals surface area contributed by atoms with Gasteiger partial charge in [0.1, 0.15) is 12.4 Å². The number of imide groups is 1. The summed E-state index contributed by atoms with van der Waals surface area (Å²) >= 11 is 0. The van der Waals surface area contributed by atoms with Crippen molar-refractivity contribution in [2.75, 3.05) is 4.90 Å². The summed E-state index contributed by atoms with van der Waals surface area (Å²) in [6, 6.07) is 4.96. The van der Waals surface area contributed by atoms with Gasteiger partial charge in [0.15, 0.2) is 0 Å². The molecule has 6 rings (SSSR count). The number of rotatable bonds is 1. The summed E-state index contributed by atoms with van der Waals surface area (Å²) in [5.74, 6) is -2.06. The largest absolute Gasteiger partial charge is 0.457 e. The van der Waals surface area contributed by atoms with Crippen molar-refractivity contribution in [1.82, 2.24) is 0 Å². The Labute approximate surface area is 137 Å². The third-order valence-electron chi connectivity index (χ3n) is 6.00. The van der Waals surface area contributed by atoms with Crippen LogP contribution in [0.2, 0.25) is 0 Å². The summed E-state index contributed by atoms with van der Waals surface area (Å²) in [6.45, 7) is 0.222. The maximum atomic E-state index is 12.9. The van der Waals surface area contributed by atoms with E-state index in [1.807, 2.05) is 0 Å². The summed E-state index contributed by atoms with van der Waals surface area (Å²) in [7, 11) is 0. The molecule has 3 saturated carbocycles. The number of anilines is 1. The first-order chi connectivity index (χ1) is 11.6. The van der Waals surface area contributed by atoms with E-state index in [0.717, 1.165) is 12.0 Å². The minimum atomic E-state index is -0.516. The molecule has 1 aromatic carbocycles. The third-order valence-corrected chi connectivity index (χ3v) is 6.00. The van der Waals surface area contributed by atoms with Crippen molar-refractivity contribution in [2.24, 2.45) is 23.7 Å². The van der Waals surface area contributed by atoms with Gasteiger partial charge < -0.3 is 4.74 Å². The number of hydrogen-bond donors (Lipinski definition) is 0. The van der Waals surface area contributed by atoms with E-state index in [1.165, 1.54) is 4.90 Å². The molecule has 122 valence electrons. The molecule has 0 radical (unpaired) electrons. The first-order valence-electron chi connectivity index (χ1n) is 8.27. The van der Waals surface area contributed by atoms with E-state index in [-0.39, 0.29) is 42.0 Å². The van der Waals surface area contributed by atoms with Gasteiger partial charge in [-0.1, -0.05) is 6.07 Å². The van der Waals surface area contributed by atoms with Gasteiger partial charge in [0, 0.05) is 17.9 Å². The molecular formula is C18H15NO5. The van der Waals surface area contributed by atoms with Crippen molar-refractivity contribution in [3.8, 4) is 0 Å². The van der Waals surface area contributed by atoms with Crippen LogP contribution in [0.3, 0.4) is 0 Å². The lowest BCUT2D eigenvalue weighted by Gasteiger charge is -2.41. The number of fused-ring (bicyclic) bond motifs is 3. The van der Waals surface area contributed by atoms with Crippen molar-refractivity contribution in [3.63, 3.8) is 0 Å². The van der Waals surface area contributed by atoms with Crippen LogP contribution in [0, 0.1) is 23.7 Å². The van der Waals surface area contributed by atoms with Crippen molar-refractivity contribution in [2.45, 2.75) is 25.9 Å². The van der Waals surface area contributed by atoms with E-state index in [0.29, 0.717) is 24.1 Å². The SMILES string of the molecule is O=C1OCc2ccc(N3C(=O)C4C5CCC(C(=O)C5)C4C3=O)cc21. The first-order valence-corrected chi connectivity index (χ1v) is 8.27. The summed E-state index contributed by atoms with van der Waals surface area (Å²) < 4.78 is 4.98. The van der Waals surface area contributed by atoms with Crippen LogP contribution >= 0.6 is 0 Å². The average molecular weight is 325 g/mol. The predicted octanol–water partition coefficient (Wildman–Crippen LogP) is 1.46. The van der Waals surface area contributed by atoms with Crippen molar-refractivity contribution < 1.29 is 23.9 Å². The maximum absolute atomic E-state index is 12.9. The molecule has 6 nitrogen and oxygen atoms in total. The fourth-order valence-corrected chi connectivity index (χ4v) is 4.88. The number of hydrogen-bond acceptors (Lipinski definition) is 5. The Morgan fingerprint density at radius 2 is 1.79 bits per heavy atom. The van der Waals surface area contributed by atoms with E-state index < -0.39 is 11.9 Å². The molecule has 2 amide bonds. The summed E-state index contributed by atoms with van der Waals surface area (Å²) in [5.41, 5.74) is 1.57. The van der Waals surface area contributed by atoms with Crippen LogP contribution in [0.15, 0.2) is 18.2 Å². The van der Waals surface area contributed by atoms with Crippen LogP contribution in [0.25, 0.3) is 0 Å². The Morgan fingerprint density at radius 3 is 2.58 bits per heavy atom. The van der Waals surface area contributed by atoms with Crippen LogP contribution in [0.1, 0.15) is 35.2 Å². The van der Waals surface area contributed by atoms with E-state index in [2.05, 4.69) is 0 Å². The molecule has 3 aliphatic carbocycles. The fourth-order valence-electron chi connectivity index (χ4n) is 4.88. The normalized spacial score (nSPS) is 33.8. The number of cyclic esters (lactones) is 1. The monoisotopic (exact) mass is 325 g/mol. The van der Waals surface area contributed by atoms with Gasteiger partial charge in [0.2, 0.25) is 11.8 Å². The Balaban J connectivity index is 1.57. The smallest absolute Gasteiger partial charge is 0.338 e. The Bertz CT molecular complexity index is 829. The topological polar surface area (TPSA) is 80.8 Å². The molecule has 2 heterocycles. The molecule has 0 N–H and O–H groups in total. The van der Waals surface area contributed by atoms with Gasteiger partial charge >= 0.3 is 5.97 Å². The van der Waals surface area contributed by atoms with Gasteiger partial charge in [-0.05, 0) is 30.9 Å². The third kappa shape index (κ3) is 1.60. The number of ether oxygens (including phenoxy) is 1. The molecule has 0 aromatic heterocycles. The summed E-state index contributed by atoms with van der Waals surface area (Å²) in [4.78, 5) is 50.9. The minimum Gasteiger partial charge on any atom is -0.457 e. The van der Waals surface area contributed by atoms with Gasteiger partial charge in [0.25, 0.3) is 0 Å². The van der Waals surface area contributed by atoms with Crippen LogP contribution < -0.4 is 4.90 Å². The van der Waals surface area contributed by atoms with E-state index in [1.54, 1.807) is 18.2 Å². The number of ketones is 1. The molecule has 1 aromatic rings. The number of Topliss-reactive ketones (excluding diaryl/α,β-unsaturated/α-hetero) is 1. The highest BCUT2D eigenvalue weighted by atomic mass is 16.5. The Morgan fingerprint density at radius 1 is 1.00 bits per heavy atom. The summed E-state index contributed by atoms with van der Waals surface area (Å²) in [5, 5.41) is 0. The molecule has 2 bridgehead atoms. The molecular weight excluding hydrogens is 310 g/mol. The van der Waals surface area contributed by atoms with Crippen LogP contribution in [-0.2, 0) is 25.7 Å². The Hall–Kier alpha value is -2.50. The van der Waals surface area contributed by atoms with E-state index >= 15 is 0 Å². The van der Waals surface area contributed by atoms with Gasteiger partial charge in [-0.25, -0.2) is 4.79 Å². The number of esters is 1. The molecule has 4 atom stereocenters. The van der Waals surface area contributed by atoms with Crippen molar-refractivity contribution in [1.29, 1.82) is 0 Å². The molecule has 4 fully saturated rings. The van der Waals surface area contributed by atoms with Crippen LogP contribution in [-0.4, -0.2) is 23.6 Å². The zero-order valence-electron chi connectivity index (χ0n) is 12.9. The van der Waals surface area contributed by atoms with Gasteiger partial charge in [-0.2, -0.15) is 0 Å². The predicted molar refractivity (Wildman–Crippen MR) is 80.9 cm³/mol. The molecule has 6 heteroatoms. The molecule has 5 aliphatic rings. The van der Waals surface area contributed by atoms with Gasteiger partial charge in [-0.3, -0.25) is 19.3 Å². The highest BCUT2D eigenvalue weighted by Gasteiger charge is 2.61. The molecule has 0 spiro atoms. The van der Waals surface area contributed by atoms with Crippen LogP contribution in [0.5, 0.6) is 0 Å². The lowest BCUT2D eigenvalue weighted by molar-refractivity contribution is -0.143. The zero-order chi connectivity index (χ0) is 16.6. The van der Waals surface area contributed by atoms with E-state index in [4.69, 9.17) is 4.74 Å². The van der Waals surface area contributed by atoms with Crippen molar-refractivity contribution in [3.05, 3.63) is 29.3 Å². The standard InChI is InChI=1S/C18H15NO5/c20-13-5-8-2-4-11(13)15-14(8)16(21)19(17(15)22)10-3-1-9-7-24-18(23)12(9)6-10/h1,3,6,8,11,14-15H,2,4-5,7H2. The number of amides is 2. The van der Waals surface area contributed by atoms with E-state index in [9.17, 15) is 19.2 Å². The van der Waals surface area contributed by atoms with Gasteiger partial charge in [0.05, 0.1) is 23.1 Å². The quantitative estimate of drug-likeness (QED) is 0.577.